The molecule has 0 spiro atoms. The van der Waals surface area contributed by atoms with E-state index in [0.717, 1.165) is 6.20 Å². The Balaban J connectivity index is 2.75. The van der Waals surface area contributed by atoms with E-state index < -0.39 is 5.82 Å². The first-order chi connectivity index (χ1) is 8.43. The Labute approximate surface area is 127 Å². The molecule has 0 saturated heterocycles. The van der Waals surface area contributed by atoms with Gasteiger partial charge in [0.2, 0.25) is 0 Å². The second kappa shape index (κ2) is 5.40. The molecule has 1 nitrogen and oxygen atoms in total. The van der Waals surface area contributed by atoms with Crippen LogP contribution in [0.25, 0.3) is 11.3 Å². The SMILES string of the molecule is Fc1ccc(-c2c(Cl)c(Cl)c(Cl)c(Cl)c2Cl)nc1. The highest BCUT2D eigenvalue weighted by atomic mass is 35.5. The lowest BCUT2D eigenvalue weighted by molar-refractivity contribution is 0.622. The molecule has 1 heterocycles. The molecule has 0 saturated carbocycles. The summed E-state index contributed by atoms with van der Waals surface area (Å²) in [4.78, 5) is 3.88. The van der Waals surface area contributed by atoms with Crippen LogP contribution in [0.2, 0.25) is 25.1 Å². The molecule has 1 aromatic heterocycles. The summed E-state index contributed by atoms with van der Waals surface area (Å²) in [7, 11) is 0. The van der Waals surface area contributed by atoms with E-state index in [1.165, 1.54) is 12.1 Å². The molecule has 0 bridgehead atoms. The second-order valence-electron chi connectivity index (χ2n) is 3.31. The van der Waals surface area contributed by atoms with Gasteiger partial charge in [-0.05, 0) is 12.1 Å². The number of halogens is 6. The highest BCUT2D eigenvalue weighted by molar-refractivity contribution is 6.56. The van der Waals surface area contributed by atoms with E-state index in [1.807, 2.05) is 0 Å². The van der Waals surface area contributed by atoms with Gasteiger partial charge >= 0.3 is 0 Å². The van der Waals surface area contributed by atoms with Gasteiger partial charge in [-0.25, -0.2) is 4.39 Å². The number of pyridine rings is 1. The minimum absolute atomic E-state index is 0.0687. The van der Waals surface area contributed by atoms with Crippen molar-refractivity contribution in [2.75, 3.05) is 0 Å². The summed E-state index contributed by atoms with van der Waals surface area (Å²) >= 11 is 29.8. The van der Waals surface area contributed by atoms with Crippen molar-refractivity contribution in [3.8, 4) is 11.3 Å². The minimum atomic E-state index is -0.475. The lowest BCUT2D eigenvalue weighted by Crippen LogP contribution is -1.90. The fourth-order valence-electron chi connectivity index (χ4n) is 1.35. The molecule has 0 unspecified atom stereocenters. The Morgan fingerprint density at radius 2 is 1.28 bits per heavy atom. The van der Waals surface area contributed by atoms with Gasteiger partial charge in [0.25, 0.3) is 0 Å². The van der Waals surface area contributed by atoms with Gasteiger partial charge in [-0.1, -0.05) is 58.0 Å². The predicted octanol–water partition coefficient (Wildman–Crippen LogP) is 6.15. The molecule has 1 aromatic carbocycles. The Morgan fingerprint density at radius 1 is 0.778 bits per heavy atom. The third-order valence-corrected chi connectivity index (χ3v) is 4.47. The number of benzene rings is 1. The van der Waals surface area contributed by atoms with Crippen LogP contribution in [-0.2, 0) is 0 Å². The molecule has 7 heteroatoms. The minimum Gasteiger partial charge on any atom is -0.253 e. The quantitative estimate of drug-likeness (QED) is 0.446. The molecule has 2 rings (SSSR count). The zero-order valence-electron chi connectivity index (χ0n) is 8.45. The van der Waals surface area contributed by atoms with Gasteiger partial charge in [0.05, 0.1) is 37.0 Å². The van der Waals surface area contributed by atoms with Crippen LogP contribution in [0.3, 0.4) is 0 Å². The summed E-state index contributed by atoms with van der Waals surface area (Å²) in [6, 6.07) is 2.65. The fourth-order valence-corrected chi connectivity index (χ4v) is 2.69. The van der Waals surface area contributed by atoms with Crippen molar-refractivity contribution in [1.29, 1.82) is 0 Å². The summed E-state index contributed by atoms with van der Waals surface area (Å²) in [6.45, 7) is 0. The maximum atomic E-state index is 12.8. The number of rotatable bonds is 1. The van der Waals surface area contributed by atoms with Crippen molar-refractivity contribution >= 4 is 58.0 Å². The molecule has 18 heavy (non-hydrogen) atoms. The molecule has 94 valence electrons. The van der Waals surface area contributed by atoms with Crippen LogP contribution in [0.5, 0.6) is 0 Å². The lowest BCUT2D eigenvalue weighted by atomic mass is 10.1. The average Bonchev–Trinajstić information content (AvgIpc) is 2.36. The van der Waals surface area contributed by atoms with Crippen LogP contribution in [0.15, 0.2) is 18.3 Å². The normalized spacial score (nSPS) is 10.8. The molecular weight excluding hydrogens is 342 g/mol. The van der Waals surface area contributed by atoms with E-state index in [-0.39, 0.29) is 25.1 Å². The zero-order chi connectivity index (χ0) is 13.4. The zero-order valence-corrected chi connectivity index (χ0v) is 12.2. The van der Waals surface area contributed by atoms with Crippen molar-refractivity contribution in [3.63, 3.8) is 0 Å². The van der Waals surface area contributed by atoms with E-state index >= 15 is 0 Å². The highest BCUT2D eigenvalue weighted by Crippen LogP contribution is 2.47. The van der Waals surface area contributed by atoms with E-state index in [1.54, 1.807) is 0 Å². The van der Waals surface area contributed by atoms with Gasteiger partial charge < -0.3 is 0 Å². The first-order valence-corrected chi connectivity index (χ1v) is 6.45. The molecule has 0 fully saturated rings. The van der Waals surface area contributed by atoms with Crippen LogP contribution in [0.4, 0.5) is 4.39 Å². The summed E-state index contributed by atoms with van der Waals surface area (Å²) in [5.41, 5.74) is 0.671. The van der Waals surface area contributed by atoms with E-state index in [2.05, 4.69) is 4.98 Å². The fraction of sp³-hybridized carbons (Fsp3) is 0. The van der Waals surface area contributed by atoms with Crippen LogP contribution in [0, 0.1) is 5.82 Å². The van der Waals surface area contributed by atoms with Crippen molar-refractivity contribution in [2.45, 2.75) is 0 Å². The monoisotopic (exact) mass is 343 g/mol. The first-order valence-electron chi connectivity index (χ1n) is 4.57. The predicted molar refractivity (Wildman–Crippen MR) is 74.7 cm³/mol. The van der Waals surface area contributed by atoms with Gasteiger partial charge in [0.15, 0.2) is 0 Å². The third kappa shape index (κ3) is 2.40. The molecule has 0 N–H and O–H groups in total. The number of nitrogens with zero attached hydrogens (tertiary/aromatic N) is 1. The van der Waals surface area contributed by atoms with E-state index in [9.17, 15) is 4.39 Å². The Morgan fingerprint density at radius 3 is 1.72 bits per heavy atom. The van der Waals surface area contributed by atoms with Crippen molar-refractivity contribution < 1.29 is 4.39 Å². The molecule has 0 aliphatic heterocycles. The number of hydrogen-bond acceptors (Lipinski definition) is 1. The Bertz CT molecular complexity index is 583. The maximum Gasteiger partial charge on any atom is 0.141 e. The smallest absolute Gasteiger partial charge is 0.141 e. The Kier molecular flexibility index (Phi) is 4.25. The lowest BCUT2D eigenvalue weighted by Gasteiger charge is -2.11. The average molecular weight is 345 g/mol. The number of aromatic nitrogens is 1. The molecule has 0 aliphatic carbocycles. The molecular formula is C11H3Cl5FN. The molecule has 0 amide bonds. The topological polar surface area (TPSA) is 12.9 Å². The summed E-state index contributed by atoms with van der Waals surface area (Å²) in [5.74, 6) is -0.475. The summed E-state index contributed by atoms with van der Waals surface area (Å²) in [5, 5.41) is 0.465. The second-order valence-corrected chi connectivity index (χ2v) is 5.20. The highest BCUT2D eigenvalue weighted by Gasteiger charge is 2.21. The van der Waals surface area contributed by atoms with Crippen molar-refractivity contribution in [2.24, 2.45) is 0 Å². The van der Waals surface area contributed by atoms with Crippen LogP contribution in [-0.4, -0.2) is 4.98 Å². The summed E-state index contributed by atoms with van der Waals surface area (Å²) < 4.78 is 12.8. The summed E-state index contributed by atoms with van der Waals surface area (Å²) in [6.07, 6.45) is 1.04. The van der Waals surface area contributed by atoms with Gasteiger partial charge in [-0.3, -0.25) is 4.98 Å². The van der Waals surface area contributed by atoms with Gasteiger partial charge in [-0.15, -0.1) is 0 Å². The van der Waals surface area contributed by atoms with Crippen LogP contribution in [0.1, 0.15) is 0 Å². The third-order valence-electron chi connectivity index (χ3n) is 2.19. The van der Waals surface area contributed by atoms with Crippen molar-refractivity contribution in [3.05, 3.63) is 49.3 Å². The molecule has 2 aromatic rings. The van der Waals surface area contributed by atoms with Gasteiger partial charge in [-0.2, -0.15) is 0 Å². The standard InChI is InChI=1S/C11H3Cl5FN/c12-7-6(5-2-1-4(17)3-18-5)8(13)10(15)11(16)9(7)14/h1-3H. The molecule has 0 atom stereocenters. The maximum absolute atomic E-state index is 12.8. The largest absolute Gasteiger partial charge is 0.253 e. The van der Waals surface area contributed by atoms with E-state index in [4.69, 9.17) is 58.0 Å². The van der Waals surface area contributed by atoms with E-state index in [0.29, 0.717) is 11.3 Å². The first kappa shape index (κ1) is 14.2. The molecule has 0 aliphatic rings. The van der Waals surface area contributed by atoms with Crippen LogP contribution >= 0.6 is 58.0 Å². The molecule has 0 radical (unpaired) electrons. The number of hydrogen-bond donors (Lipinski definition) is 0. The van der Waals surface area contributed by atoms with Crippen molar-refractivity contribution in [1.82, 2.24) is 4.98 Å². The van der Waals surface area contributed by atoms with Gasteiger partial charge in [0.1, 0.15) is 5.82 Å². The van der Waals surface area contributed by atoms with Gasteiger partial charge in [0, 0.05) is 5.56 Å². The van der Waals surface area contributed by atoms with Crippen LogP contribution < -0.4 is 0 Å². The Hall–Kier alpha value is -0.250.